The van der Waals surface area contributed by atoms with Crippen LogP contribution in [0.4, 0.5) is 0 Å². The molecule has 1 heterocycles. The molecule has 3 aliphatic carbocycles. The van der Waals surface area contributed by atoms with Gasteiger partial charge in [0.05, 0.1) is 35.6 Å². The summed E-state index contributed by atoms with van der Waals surface area (Å²) >= 11 is 0. The number of hydrogen-bond donors (Lipinski definition) is 4. The molecular weight excluding hydrogens is 778 g/mol. The standard InChI is InChI=1S/C45H55NO14/c1-23-28(58-39(53)33(50)32(26-16-12-10-13-17-26)46-40(54)41(4,5)6)21-45(55)37(59-38(52)27-18-14-11-15-19-27)35-43(9,29(49)20-30-44(35,22-56-30)60-25(3)48)36(51)34(57-24(2)47)31(23)42(45,7)8/h10-19,28-30,32-35,37,49-50,55H,20-22H2,1-9H3,(H,46,54)/t28?,29-,30+,32-,33?,34+,35-,37?,43+,44-,45+/m0/s1. The summed E-state index contributed by atoms with van der Waals surface area (Å²) in [4.78, 5) is 83.1. The van der Waals surface area contributed by atoms with Gasteiger partial charge in [0.15, 0.2) is 23.6 Å². The quantitative estimate of drug-likeness (QED) is 0.162. The Morgan fingerprint density at radius 3 is 2.03 bits per heavy atom. The van der Waals surface area contributed by atoms with E-state index in [-0.39, 0.29) is 29.7 Å². The van der Waals surface area contributed by atoms with E-state index in [0.717, 1.165) is 13.8 Å². The van der Waals surface area contributed by atoms with E-state index in [9.17, 15) is 39.3 Å². The SMILES string of the molecule is CC(=O)O[C@H]1C(=O)[C@@]2(C)[C@H](C(OC(=O)c3ccccc3)[C@]3(O)CC(OC(=O)C(O)[C@@H](NC(=O)C(C)(C)C)c4ccccc4)C(C)=C1C3(C)C)[C@]1(OC(C)=O)CO[C@@H]1C[C@@H]2O. The normalized spacial score (nSPS) is 32.9. The van der Waals surface area contributed by atoms with Crippen molar-refractivity contribution >= 4 is 35.6 Å². The lowest BCUT2D eigenvalue weighted by atomic mass is 9.44. The first-order valence-corrected chi connectivity index (χ1v) is 20.1. The van der Waals surface area contributed by atoms with Crippen LogP contribution in [0.1, 0.15) is 97.1 Å². The number of nitrogens with one attached hydrogen (secondary N) is 1. The second kappa shape index (κ2) is 15.8. The third-order valence-corrected chi connectivity index (χ3v) is 13.1. The van der Waals surface area contributed by atoms with Crippen LogP contribution in [0.25, 0.3) is 0 Å². The van der Waals surface area contributed by atoms with Crippen LogP contribution in [0.5, 0.6) is 0 Å². The molecule has 2 aromatic rings. The molecular formula is C45H55NO14. The number of ketones is 1. The molecule has 60 heavy (non-hydrogen) atoms. The molecule has 15 nitrogen and oxygen atoms in total. The van der Waals surface area contributed by atoms with E-state index < -0.39 is 118 Å². The van der Waals surface area contributed by atoms with Gasteiger partial charge >= 0.3 is 23.9 Å². The number of benzene rings is 2. The molecule has 0 aromatic heterocycles. The first-order chi connectivity index (χ1) is 27.9. The highest BCUT2D eigenvalue weighted by Gasteiger charge is 2.78. The molecule has 4 aliphatic rings. The molecule has 4 N–H and O–H groups in total. The Balaban J connectivity index is 1.56. The van der Waals surface area contributed by atoms with E-state index in [1.54, 1.807) is 83.1 Å². The van der Waals surface area contributed by atoms with Gasteiger partial charge in [-0.25, -0.2) is 9.59 Å². The topological polar surface area (TPSA) is 221 Å². The first-order valence-electron chi connectivity index (χ1n) is 20.1. The molecule has 6 rings (SSSR count). The molecule has 1 aliphatic heterocycles. The minimum atomic E-state index is -2.38. The van der Waals surface area contributed by atoms with Gasteiger partial charge in [0.1, 0.15) is 23.9 Å². The highest BCUT2D eigenvalue weighted by molar-refractivity contribution is 5.95. The van der Waals surface area contributed by atoms with Crippen molar-refractivity contribution in [2.75, 3.05) is 6.61 Å². The number of aliphatic hydroxyl groups is 3. The fraction of sp³-hybridized carbons (Fsp3) is 0.556. The van der Waals surface area contributed by atoms with Gasteiger partial charge in [-0.2, -0.15) is 0 Å². The zero-order chi connectivity index (χ0) is 44.3. The number of esters is 4. The largest absolute Gasteiger partial charge is 0.456 e. The number of carbonyl (C=O) groups excluding carboxylic acids is 6. The maximum atomic E-state index is 15.4. The second-order valence-electron chi connectivity index (χ2n) is 18.2. The Morgan fingerprint density at radius 2 is 1.50 bits per heavy atom. The summed E-state index contributed by atoms with van der Waals surface area (Å²) in [5.41, 5.74) is -8.10. The number of rotatable bonds is 9. The predicted octanol–water partition coefficient (Wildman–Crippen LogP) is 3.47. The first kappa shape index (κ1) is 44.6. The van der Waals surface area contributed by atoms with Gasteiger partial charge in [0, 0.05) is 37.5 Å². The van der Waals surface area contributed by atoms with Crippen molar-refractivity contribution in [3.63, 3.8) is 0 Å². The van der Waals surface area contributed by atoms with Gasteiger partial charge in [-0.05, 0) is 42.7 Å². The maximum absolute atomic E-state index is 15.4. The molecule has 324 valence electrons. The lowest BCUT2D eigenvalue weighted by Crippen LogP contribution is -2.82. The number of ether oxygens (including phenoxy) is 5. The van der Waals surface area contributed by atoms with Crippen LogP contribution < -0.4 is 5.32 Å². The summed E-state index contributed by atoms with van der Waals surface area (Å²) in [5.74, 6) is -6.67. The molecule has 3 unspecified atom stereocenters. The van der Waals surface area contributed by atoms with Gasteiger partial charge in [0.25, 0.3) is 0 Å². The average Bonchev–Trinajstić information content (AvgIpc) is 3.17. The maximum Gasteiger partial charge on any atom is 0.338 e. The van der Waals surface area contributed by atoms with E-state index in [2.05, 4.69) is 5.32 Å². The molecule has 3 fully saturated rings. The Kier molecular flexibility index (Phi) is 11.8. The number of aliphatic hydroxyl groups excluding tert-OH is 2. The van der Waals surface area contributed by atoms with Gasteiger partial charge in [-0.1, -0.05) is 83.1 Å². The van der Waals surface area contributed by atoms with Crippen LogP contribution in [-0.2, 0) is 47.7 Å². The van der Waals surface area contributed by atoms with Crippen molar-refractivity contribution < 1.29 is 67.8 Å². The highest BCUT2D eigenvalue weighted by atomic mass is 16.6. The van der Waals surface area contributed by atoms with Crippen LogP contribution >= 0.6 is 0 Å². The van der Waals surface area contributed by atoms with Crippen molar-refractivity contribution in [3.8, 4) is 0 Å². The minimum absolute atomic E-state index is 0.00513. The summed E-state index contributed by atoms with van der Waals surface area (Å²) in [7, 11) is 0. The zero-order valence-corrected chi connectivity index (χ0v) is 35.3. The monoisotopic (exact) mass is 833 g/mol. The minimum Gasteiger partial charge on any atom is -0.456 e. The Labute approximate surface area is 348 Å². The number of carbonyl (C=O) groups is 6. The van der Waals surface area contributed by atoms with Crippen molar-refractivity contribution in [2.24, 2.45) is 22.2 Å². The van der Waals surface area contributed by atoms with E-state index in [0.29, 0.717) is 5.56 Å². The van der Waals surface area contributed by atoms with Gasteiger partial charge in [-0.3, -0.25) is 19.2 Å². The molecule has 1 saturated heterocycles. The number of Topliss-reactive ketones (excluding diaryl/α,β-unsaturated/α-hetero) is 1. The molecule has 0 radical (unpaired) electrons. The third-order valence-electron chi connectivity index (χ3n) is 13.1. The van der Waals surface area contributed by atoms with Gasteiger partial charge in [0.2, 0.25) is 5.91 Å². The zero-order valence-electron chi connectivity index (χ0n) is 35.3. The molecule has 2 saturated carbocycles. The fourth-order valence-corrected chi connectivity index (χ4v) is 9.73. The molecule has 1 amide bonds. The van der Waals surface area contributed by atoms with Crippen LogP contribution in [0.15, 0.2) is 71.8 Å². The molecule has 11 atom stereocenters. The lowest BCUT2D eigenvalue weighted by Gasteiger charge is -2.67. The summed E-state index contributed by atoms with van der Waals surface area (Å²) in [6.45, 7) is 13.0. The van der Waals surface area contributed by atoms with Gasteiger partial charge < -0.3 is 44.3 Å². The van der Waals surface area contributed by atoms with E-state index >= 15 is 4.79 Å². The number of fused-ring (bicyclic) bond motifs is 5. The molecule has 15 heteroatoms. The highest BCUT2D eigenvalue weighted by Crippen LogP contribution is 2.64. The lowest BCUT2D eigenvalue weighted by molar-refractivity contribution is -0.346. The predicted molar refractivity (Wildman–Crippen MR) is 211 cm³/mol. The number of amides is 1. The summed E-state index contributed by atoms with van der Waals surface area (Å²) in [5, 5.41) is 40.1. The van der Waals surface area contributed by atoms with Crippen LogP contribution in [-0.4, -0.2) is 105 Å². The summed E-state index contributed by atoms with van der Waals surface area (Å²) in [6, 6.07) is 14.9. The smallest absolute Gasteiger partial charge is 0.338 e. The van der Waals surface area contributed by atoms with Crippen LogP contribution in [0, 0.1) is 22.2 Å². The van der Waals surface area contributed by atoms with E-state index in [1.807, 2.05) is 0 Å². The van der Waals surface area contributed by atoms with Crippen LogP contribution in [0.3, 0.4) is 0 Å². The second-order valence-corrected chi connectivity index (χ2v) is 18.2. The Morgan fingerprint density at radius 1 is 0.900 bits per heavy atom. The van der Waals surface area contributed by atoms with Crippen molar-refractivity contribution in [2.45, 2.75) is 129 Å². The summed E-state index contributed by atoms with van der Waals surface area (Å²) < 4.78 is 30.2. The average molecular weight is 834 g/mol. The van der Waals surface area contributed by atoms with Gasteiger partial charge in [-0.15, -0.1) is 0 Å². The summed E-state index contributed by atoms with van der Waals surface area (Å²) in [6.07, 6.45) is -10.4. The molecule has 2 aromatic carbocycles. The fourth-order valence-electron chi connectivity index (χ4n) is 9.73. The van der Waals surface area contributed by atoms with E-state index in [1.165, 1.54) is 26.0 Å². The Bertz CT molecular complexity index is 2080. The Hall–Kier alpha value is -4.96. The van der Waals surface area contributed by atoms with Crippen molar-refractivity contribution in [1.29, 1.82) is 0 Å². The van der Waals surface area contributed by atoms with Crippen LogP contribution in [0.2, 0.25) is 0 Å². The van der Waals surface area contributed by atoms with E-state index in [4.69, 9.17) is 23.7 Å². The number of hydrogen-bond acceptors (Lipinski definition) is 14. The van der Waals surface area contributed by atoms with Crippen molar-refractivity contribution in [3.05, 3.63) is 82.9 Å². The third kappa shape index (κ3) is 7.32. The molecule has 2 bridgehead atoms. The molecule has 0 spiro atoms. The van der Waals surface area contributed by atoms with Crippen molar-refractivity contribution in [1.82, 2.24) is 5.32 Å².